The van der Waals surface area contributed by atoms with E-state index in [1.807, 2.05) is 32.9 Å². The lowest BCUT2D eigenvalue weighted by Crippen LogP contribution is -2.27. The zero-order valence-corrected chi connectivity index (χ0v) is 11.7. The molecule has 1 heterocycles. The van der Waals surface area contributed by atoms with Crippen molar-refractivity contribution in [2.24, 2.45) is 0 Å². The van der Waals surface area contributed by atoms with Gasteiger partial charge in [0.1, 0.15) is 0 Å². The molecule has 1 aromatic heterocycles. The Labute approximate surface area is 117 Å². The molecule has 0 saturated heterocycles. The highest BCUT2D eigenvalue weighted by atomic mass is 15.3. The van der Waals surface area contributed by atoms with Crippen molar-refractivity contribution in [2.45, 2.75) is 26.3 Å². The smallest absolute Gasteiger partial charge is 0.245 e. The average molecular weight is 268 g/mol. The van der Waals surface area contributed by atoms with Gasteiger partial charge in [-0.1, -0.05) is 6.07 Å². The van der Waals surface area contributed by atoms with E-state index in [0.29, 0.717) is 17.3 Å². The Kier molecular flexibility index (Phi) is 3.80. The van der Waals surface area contributed by atoms with Gasteiger partial charge in [-0.05, 0) is 39.0 Å². The number of hydrogen-bond donors (Lipinski definition) is 2. The second-order valence-electron chi connectivity index (χ2n) is 5.36. The van der Waals surface area contributed by atoms with Gasteiger partial charge in [0.15, 0.2) is 5.82 Å². The van der Waals surface area contributed by atoms with Crippen molar-refractivity contribution >= 4 is 17.5 Å². The fourth-order valence-corrected chi connectivity index (χ4v) is 1.57. The molecule has 0 spiro atoms. The number of hydrogen-bond acceptors (Lipinski definition) is 6. The number of nitrogens with one attached hydrogen (secondary N) is 2. The van der Waals surface area contributed by atoms with Crippen molar-refractivity contribution in [1.82, 2.24) is 15.2 Å². The van der Waals surface area contributed by atoms with Crippen molar-refractivity contribution in [2.75, 3.05) is 10.6 Å². The first-order valence-electron chi connectivity index (χ1n) is 6.21. The molecule has 2 rings (SSSR count). The first-order chi connectivity index (χ1) is 9.46. The fraction of sp³-hybridized carbons (Fsp3) is 0.286. The van der Waals surface area contributed by atoms with E-state index < -0.39 is 0 Å². The molecule has 0 radical (unpaired) electrons. The summed E-state index contributed by atoms with van der Waals surface area (Å²) < 4.78 is 0. The summed E-state index contributed by atoms with van der Waals surface area (Å²) in [6.07, 6.45) is 1.53. The average Bonchev–Trinajstić information content (AvgIpc) is 2.37. The van der Waals surface area contributed by atoms with E-state index in [1.54, 1.807) is 12.1 Å². The van der Waals surface area contributed by atoms with Crippen LogP contribution in [0.4, 0.5) is 17.5 Å². The predicted octanol–water partition coefficient (Wildman–Crippen LogP) is 2.70. The van der Waals surface area contributed by atoms with E-state index in [0.717, 1.165) is 5.69 Å². The van der Waals surface area contributed by atoms with Gasteiger partial charge in [0.25, 0.3) is 0 Å². The summed E-state index contributed by atoms with van der Waals surface area (Å²) in [5.74, 6) is 1.03. The van der Waals surface area contributed by atoms with Crippen molar-refractivity contribution < 1.29 is 0 Å². The van der Waals surface area contributed by atoms with Gasteiger partial charge in [0.05, 0.1) is 17.8 Å². The van der Waals surface area contributed by atoms with Crippen LogP contribution in [0.1, 0.15) is 26.3 Å². The second kappa shape index (κ2) is 5.53. The molecule has 0 fully saturated rings. The molecule has 0 atom stereocenters. The molecule has 1 aromatic carbocycles. The zero-order valence-electron chi connectivity index (χ0n) is 11.7. The number of nitriles is 1. The highest BCUT2D eigenvalue weighted by Gasteiger charge is 2.11. The van der Waals surface area contributed by atoms with E-state index in [4.69, 9.17) is 5.26 Å². The molecular formula is C14H16N6. The van der Waals surface area contributed by atoms with Crippen LogP contribution in [0, 0.1) is 11.3 Å². The maximum Gasteiger partial charge on any atom is 0.245 e. The lowest BCUT2D eigenvalue weighted by atomic mass is 10.1. The van der Waals surface area contributed by atoms with E-state index >= 15 is 0 Å². The molecule has 2 N–H and O–H groups in total. The van der Waals surface area contributed by atoms with Gasteiger partial charge in [0, 0.05) is 11.2 Å². The van der Waals surface area contributed by atoms with Crippen LogP contribution in [0.5, 0.6) is 0 Å². The Balaban J connectivity index is 2.17. The summed E-state index contributed by atoms with van der Waals surface area (Å²) in [7, 11) is 0. The van der Waals surface area contributed by atoms with Gasteiger partial charge < -0.3 is 10.6 Å². The Hall–Kier alpha value is -2.68. The molecule has 6 heteroatoms. The minimum Gasteiger partial charge on any atom is -0.348 e. The van der Waals surface area contributed by atoms with Gasteiger partial charge in [0.2, 0.25) is 5.95 Å². The normalized spacial score (nSPS) is 10.7. The summed E-state index contributed by atoms with van der Waals surface area (Å²) in [5.41, 5.74) is 1.23. The van der Waals surface area contributed by atoms with Crippen molar-refractivity contribution in [3.05, 3.63) is 36.0 Å². The molecule has 102 valence electrons. The molecule has 0 saturated carbocycles. The highest BCUT2D eigenvalue weighted by Crippen LogP contribution is 2.16. The number of nitrogens with zero attached hydrogens (tertiary/aromatic N) is 4. The standard InChI is InChI=1S/C14H16N6/c1-14(2,3)19-13-18-12(9-16-20-13)17-11-6-4-5-10(7-11)8-15/h4-7,9H,1-3H3,(H2,17,18,19,20). The van der Waals surface area contributed by atoms with Gasteiger partial charge in [-0.15, -0.1) is 5.10 Å². The molecule has 2 aromatic rings. The van der Waals surface area contributed by atoms with Crippen LogP contribution in [0.25, 0.3) is 0 Å². The molecule has 6 nitrogen and oxygen atoms in total. The summed E-state index contributed by atoms with van der Waals surface area (Å²) >= 11 is 0. The van der Waals surface area contributed by atoms with Crippen molar-refractivity contribution in [3.63, 3.8) is 0 Å². The molecule has 0 unspecified atom stereocenters. The maximum atomic E-state index is 8.87. The Morgan fingerprint density at radius 1 is 1.25 bits per heavy atom. The van der Waals surface area contributed by atoms with E-state index in [1.165, 1.54) is 6.20 Å². The zero-order chi connectivity index (χ0) is 14.6. The quantitative estimate of drug-likeness (QED) is 0.890. The summed E-state index contributed by atoms with van der Waals surface area (Å²) in [6, 6.07) is 9.26. The number of rotatable bonds is 3. The summed E-state index contributed by atoms with van der Waals surface area (Å²) in [4.78, 5) is 4.33. The van der Waals surface area contributed by atoms with Crippen LogP contribution >= 0.6 is 0 Å². The minimum atomic E-state index is -0.138. The van der Waals surface area contributed by atoms with Crippen LogP contribution in [-0.2, 0) is 0 Å². The lowest BCUT2D eigenvalue weighted by molar-refractivity contribution is 0.623. The van der Waals surface area contributed by atoms with Crippen LogP contribution in [-0.4, -0.2) is 20.7 Å². The summed E-state index contributed by atoms with van der Waals surface area (Å²) in [6.45, 7) is 6.06. The first-order valence-corrected chi connectivity index (χ1v) is 6.21. The van der Waals surface area contributed by atoms with E-state index in [2.05, 4.69) is 31.9 Å². The largest absolute Gasteiger partial charge is 0.348 e. The minimum absolute atomic E-state index is 0.138. The van der Waals surface area contributed by atoms with E-state index in [9.17, 15) is 0 Å². The molecule has 0 amide bonds. The van der Waals surface area contributed by atoms with Crippen molar-refractivity contribution in [1.29, 1.82) is 5.26 Å². The second-order valence-corrected chi connectivity index (χ2v) is 5.36. The number of anilines is 3. The Bertz CT molecular complexity index is 639. The third-order valence-electron chi connectivity index (χ3n) is 2.31. The first kappa shape index (κ1) is 13.7. The maximum absolute atomic E-state index is 8.87. The van der Waals surface area contributed by atoms with Gasteiger partial charge >= 0.3 is 0 Å². The van der Waals surface area contributed by atoms with Crippen LogP contribution in [0.3, 0.4) is 0 Å². The van der Waals surface area contributed by atoms with Gasteiger partial charge in [-0.3, -0.25) is 0 Å². The monoisotopic (exact) mass is 268 g/mol. The number of benzene rings is 1. The molecule has 0 aliphatic carbocycles. The molecule has 0 aliphatic heterocycles. The summed E-state index contributed by atoms with van der Waals surface area (Å²) in [5, 5.41) is 23.0. The number of aromatic nitrogens is 3. The van der Waals surface area contributed by atoms with E-state index in [-0.39, 0.29) is 5.54 Å². The molecule has 0 aliphatic rings. The molecule has 20 heavy (non-hydrogen) atoms. The topological polar surface area (TPSA) is 86.5 Å². The Morgan fingerprint density at radius 3 is 2.75 bits per heavy atom. The lowest BCUT2D eigenvalue weighted by Gasteiger charge is -2.20. The predicted molar refractivity (Wildman–Crippen MR) is 77.6 cm³/mol. The third-order valence-corrected chi connectivity index (χ3v) is 2.31. The van der Waals surface area contributed by atoms with Crippen LogP contribution in [0.15, 0.2) is 30.5 Å². The SMILES string of the molecule is CC(C)(C)Nc1nncc(Nc2cccc(C#N)c2)n1. The fourth-order valence-electron chi connectivity index (χ4n) is 1.57. The highest BCUT2D eigenvalue weighted by molar-refractivity contribution is 5.58. The molecular weight excluding hydrogens is 252 g/mol. The van der Waals surface area contributed by atoms with Gasteiger partial charge in [-0.2, -0.15) is 15.3 Å². The van der Waals surface area contributed by atoms with Gasteiger partial charge in [-0.25, -0.2) is 0 Å². The van der Waals surface area contributed by atoms with Crippen LogP contribution in [0.2, 0.25) is 0 Å². The van der Waals surface area contributed by atoms with Crippen LogP contribution < -0.4 is 10.6 Å². The van der Waals surface area contributed by atoms with Crippen molar-refractivity contribution in [3.8, 4) is 6.07 Å². The molecule has 0 bridgehead atoms. The Morgan fingerprint density at radius 2 is 2.05 bits per heavy atom. The third kappa shape index (κ3) is 3.92.